The van der Waals surface area contributed by atoms with Gasteiger partial charge in [-0.05, 0) is 64.6 Å². The molecule has 0 bridgehead atoms. The van der Waals surface area contributed by atoms with Crippen LogP contribution >= 0.6 is 0 Å². The molecule has 0 aliphatic carbocycles. The van der Waals surface area contributed by atoms with Crippen molar-refractivity contribution < 1.29 is 0 Å². The van der Waals surface area contributed by atoms with Gasteiger partial charge in [0.1, 0.15) is 0 Å². The monoisotopic (exact) mass is 396 g/mol. The van der Waals surface area contributed by atoms with Gasteiger partial charge in [0.2, 0.25) is 0 Å². The molecule has 0 aromatic heterocycles. The van der Waals surface area contributed by atoms with E-state index in [1.807, 2.05) is 55.5 Å². The normalized spacial score (nSPS) is 12.0. The average Bonchev–Trinajstić information content (AvgIpc) is 2.83. The fraction of sp³-hybridized carbons (Fsp3) is 0.0323. The van der Waals surface area contributed by atoms with Crippen molar-refractivity contribution in [1.82, 2.24) is 0 Å². The molecule has 31 heavy (non-hydrogen) atoms. The van der Waals surface area contributed by atoms with Crippen LogP contribution in [0.1, 0.15) is 34.7 Å². The Hall–Kier alpha value is -4.26. The van der Waals surface area contributed by atoms with Gasteiger partial charge in [0.15, 0.2) is 0 Å². The molecule has 0 nitrogen and oxygen atoms in total. The summed E-state index contributed by atoms with van der Waals surface area (Å²) in [5.41, 5.74) is 8.25. The third-order valence-corrected chi connectivity index (χ3v) is 4.93. The smallest absolute Gasteiger partial charge is 0.0243 e. The summed E-state index contributed by atoms with van der Waals surface area (Å²) in [7, 11) is 0. The molecule has 0 spiro atoms. The van der Waals surface area contributed by atoms with Crippen LogP contribution in [0.15, 0.2) is 115 Å². The second-order valence-electron chi connectivity index (χ2n) is 6.92. The highest BCUT2D eigenvalue weighted by Crippen LogP contribution is 2.37. The SMILES string of the molecule is C#Cc1ccc(C(=C(\c2ccccc2)c2ccc(C#C)cc2)/C(/C=C\C)=C/C=C)cc1. The number of hydrogen-bond acceptors (Lipinski definition) is 0. The molecule has 0 fully saturated rings. The molecule has 3 aromatic carbocycles. The Morgan fingerprint density at radius 2 is 1.26 bits per heavy atom. The lowest BCUT2D eigenvalue weighted by Crippen LogP contribution is -1.98. The molecule has 0 aliphatic heterocycles. The van der Waals surface area contributed by atoms with Crippen molar-refractivity contribution in [2.45, 2.75) is 6.92 Å². The Balaban J connectivity index is 2.43. The second kappa shape index (κ2) is 10.5. The molecule has 0 heteroatoms. The largest absolute Gasteiger partial charge is 0.115 e. The van der Waals surface area contributed by atoms with Crippen LogP contribution in [0.25, 0.3) is 11.1 Å². The molecule has 0 atom stereocenters. The first-order chi connectivity index (χ1) is 15.2. The molecular weight excluding hydrogens is 372 g/mol. The summed E-state index contributed by atoms with van der Waals surface area (Å²) >= 11 is 0. The molecule has 0 unspecified atom stereocenters. The van der Waals surface area contributed by atoms with Crippen molar-refractivity contribution in [1.29, 1.82) is 0 Å². The zero-order valence-corrected chi connectivity index (χ0v) is 17.7. The fourth-order valence-corrected chi connectivity index (χ4v) is 3.51. The van der Waals surface area contributed by atoms with Crippen molar-refractivity contribution in [2.75, 3.05) is 0 Å². The standard InChI is InChI=1S/C31H24/c1-5-12-26(13-6-2)30(28-20-16-24(7-3)17-21-28)31(27-14-10-9-11-15-27)29-22-18-25(8-4)19-23-29/h3-6,9-23H,1H2,2H3/b13-6-,26-12+,31-30+. The molecule has 0 aliphatic rings. The summed E-state index contributed by atoms with van der Waals surface area (Å²) in [5.74, 6) is 5.40. The van der Waals surface area contributed by atoms with Gasteiger partial charge >= 0.3 is 0 Å². The number of rotatable bonds is 6. The van der Waals surface area contributed by atoms with E-state index in [0.717, 1.165) is 44.5 Å². The molecule has 3 rings (SSSR count). The van der Waals surface area contributed by atoms with Gasteiger partial charge in [0.25, 0.3) is 0 Å². The third kappa shape index (κ3) is 5.02. The third-order valence-electron chi connectivity index (χ3n) is 4.93. The fourth-order valence-electron chi connectivity index (χ4n) is 3.51. The van der Waals surface area contributed by atoms with Crippen molar-refractivity contribution in [2.24, 2.45) is 0 Å². The zero-order valence-electron chi connectivity index (χ0n) is 17.7. The molecule has 0 heterocycles. The predicted molar refractivity (Wildman–Crippen MR) is 134 cm³/mol. The maximum atomic E-state index is 5.59. The molecule has 0 amide bonds. The summed E-state index contributed by atoms with van der Waals surface area (Å²) in [6.07, 6.45) is 19.2. The zero-order chi connectivity index (χ0) is 22.1. The second-order valence-corrected chi connectivity index (χ2v) is 6.92. The number of benzene rings is 3. The first-order valence-corrected chi connectivity index (χ1v) is 10.1. The Morgan fingerprint density at radius 1 is 0.742 bits per heavy atom. The summed E-state index contributed by atoms with van der Waals surface area (Å²) in [6, 6.07) is 26.6. The van der Waals surface area contributed by atoms with Gasteiger partial charge in [-0.15, -0.1) is 12.8 Å². The Labute approximate surface area is 186 Å². The van der Waals surface area contributed by atoms with Crippen LogP contribution in [0.4, 0.5) is 0 Å². The minimum Gasteiger partial charge on any atom is -0.115 e. The van der Waals surface area contributed by atoms with Gasteiger partial charge in [0, 0.05) is 11.1 Å². The number of terminal acetylenes is 2. The summed E-state index contributed by atoms with van der Waals surface area (Å²) in [4.78, 5) is 0. The van der Waals surface area contributed by atoms with Crippen molar-refractivity contribution in [3.8, 4) is 24.7 Å². The molecule has 0 N–H and O–H groups in total. The molecule has 0 saturated carbocycles. The van der Waals surface area contributed by atoms with E-state index in [-0.39, 0.29) is 0 Å². The van der Waals surface area contributed by atoms with E-state index in [1.54, 1.807) is 0 Å². The van der Waals surface area contributed by atoms with Gasteiger partial charge in [0.05, 0.1) is 0 Å². The molecule has 3 aromatic rings. The highest BCUT2D eigenvalue weighted by atomic mass is 14.2. The highest BCUT2D eigenvalue weighted by molar-refractivity contribution is 6.05. The van der Waals surface area contributed by atoms with Gasteiger partial charge in [-0.1, -0.05) is 97.3 Å². The predicted octanol–water partition coefficient (Wildman–Crippen LogP) is 7.30. The van der Waals surface area contributed by atoms with Crippen LogP contribution in [-0.4, -0.2) is 0 Å². The summed E-state index contributed by atoms with van der Waals surface area (Å²) in [5, 5.41) is 0. The van der Waals surface area contributed by atoms with E-state index in [4.69, 9.17) is 12.8 Å². The van der Waals surface area contributed by atoms with Crippen LogP contribution in [0, 0.1) is 24.7 Å². The minimum atomic E-state index is 0.850. The average molecular weight is 397 g/mol. The van der Waals surface area contributed by atoms with E-state index in [9.17, 15) is 0 Å². The minimum absolute atomic E-state index is 0.850. The van der Waals surface area contributed by atoms with E-state index in [0.29, 0.717) is 0 Å². The van der Waals surface area contributed by atoms with E-state index < -0.39 is 0 Å². The van der Waals surface area contributed by atoms with Crippen LogP contribution < -0.4 is 0 Å². The van der Waals surface area contributed by atoms with Gasteiger partial charge in [-0.3, -0.25) is 0 Å². The van der Waals surface area contributed by atoms with Crippen LogP contribution in [0.2, 0.25) is 0 Å². The Morgan fingerprint density at radius 3 is 1.74 bits per heavy atom. The maximum absolute atomic E-state index is 5.59. The molecule has 0 saturated heterocycles. The lowest BCUT2D eigenvalue weighted by molar-refractivity contribution is 1.49. The molecular formula is C31H24. The first-order valence-electron chi connectivity index (χ1n) is 10.1. The summed E-state index contributed by atoms with van der Waals surface area (Å²) in [6.45, 7) is 5.95. The van der Waals surface area contributed by atoms with Gasteiger partial charge < -0.3 is 0 Å². The van der Waals surface area contributed by atoms with Crippen LogP contribution in [0.5, 0.6) is 0 Å². The van der Waals surface area contributed by atoms with Crippen LogP contribution in [0.3, 0.4) is 0 Å². The van der Waals surface area contributed by atoms with Crippen molar-refractivity contribution >= 4 is 11.1 Å². The Kier molecular flexibility index (Phi) is 7.26. The number of hydrogen-bond donors (Lipinski definition) is 0. The maximum Gasteiger partial charge on any atom is 0.0243 e. The van der Waals surface area contributed by atoms with Crippen molar-refractivity contribution in [3.63, 3.8) is 0 Å². The van der Waals surface area contributed by atoms with Crippen LogP contribution in [-0.2, 0) is 0 Å². The van der Waals surface area contributed by atoms with E-state index in [1.165, 1.54) is 0 Å². The molecule has 0 radical (unpaired) electrons. The van der Waals surface area contributed by atoms with Gasteiger partial charge in [-0.2, -0.15) is 0 Å². The Bertz CT molecular complexity index is 1210. The summed E-state index contributed by atoms with van der Waals surface area (Å²) < 4.78 is 0. The lowest BCUT2D eigenvalue weighted by atomic mass is 9.84. The van der Waals surface area contributed by atoms with E-state index in [2.05, 4.69) is 73.0 Å². The number of allylic oxidation sites excluding steroid dienone is 6. The highest BCUT2D eigenvalue weighted by Gasteiger charge is 2.16. The topological polar surface area (TPSA) is 0 Å². The quantitative estimate of drug-likeness (QED) is 0.233. The van der Waals surface area contributed by atoms with Gasteiger partial charge in [-0.25, -0.2) is 0 Å². The first kappa shape index (κ1) is 21.4. The molecule has 148 valence electrons. The van der Waals surface area contributed by atoms with Crippen molar-refractivity contribution in [3.05, 3.63) is 143 Å². The van der Waals surface area contributed by atoms with E-state index >= 15 is 0 Å². The lowest BCUT2D eigenvalue weighted by Gasteiger charge is -2.19.